The lowest BCUT2D eigenvalue weighted by Gasteiger charge is -2.28. The summed E-state index contributed by atoms with van der Waals surface area (Å²) in [7, 11) is 2.50. The summed E-state index contributed by atoms with van der Waals surface area (Å²) in [6, 6.07) is 23.6. The minimum absolute atomic E-state index is 0.119. The van der Waals surface area contributed by atoms with Crippen molar-refractivity contribution in [2.24, 2.45) is 0 Å². The average Bonchev–Trinajstić information content (AvgIpc) is 3.15. The quantitative estimate of drug-likeness (QED) is 0.343. The van der Waals surface area contributed by atoms with Crippen molar-refractivity contribution in [3.63, 3.8) is 0 Å². The lowest BCUT2D eigenvalue weighted by molar-refractivity contribution is -0.158. The molecule has 0 spiro atoms. The molecule has 3 aromatic rings. The van der Waals surface area contributed by atoms with E-state index in [0.29, 0.717) is 39.0 Å². The maximum Gasteiger partial charge on any atom is 0.332 e. The van der Waals surface area contributed by atoms with Crippen LogP contribution in [0.15, 0.2) is 78.9 Å². The second kappa shape index (κ2) is 8.27. The first-order chi connectivity index (χ1) is 15.5. The standard InChI is InChI=1S/C27H22O5/c1-17(28)19-13-7-8-14-20(19)23-21-15-9-10-16-22(21)27(25(29)31-2,26(30)32-3)24(23)18-11-5-4-6-12-18/h4-16H,1-3H3. The number of esters is 2. The van der Waals surface area contributed by atoms with Gasteiger partial charge in [0.15, 0.2) is 5.78 Å². The van der Waals surface area contributed by atoms with Gasteiger partial charge in [-0.05, 0) is 34.8 Å². The van der Waals surface area contributed by atoms with Crippen molar-refractivity contribution in [2.75, 3.05) is 14.2 Å². The molecule has 0 aliphatic heterocycles. The predicted octanol–water partition coefficient (Wildman–Crippen LogP) is 4.45. The largest absolute Gasteiger partial charge is 0.468 e. The van der Waals surface area contributed by atoms with Gasteiger partial charge < -0.3 is 9.47 Å². The van der Waals surface area contributed by atoms with Gasteiger partial charge in [-0.1, -0.05) is 78.9 Å². The van der Waals surface area contributed by atoms with Gasteiger partial charge in [0.1, 0.15) is 0 Å². The molecule has 1 aliphatic rings. The summed E-state index contributed by atoms with van der Waals surface area (Å²) < 4.78 is 10.4. The molecular weight excluding hydrogens is 404 g/mol. The number of Topliss-reactive ketones (excluding diaryl/α,β-unsaturated/α-hetero) is 1. The van der Waals surface area contributed by atoms with Crippen LogP contribution in [0, 0.1) is 0 Å². The van der Waals surface area contributed by atoms with E-state index in [1.807, 2.05) is 54.6 Å². The number of benzene rings is 3. The number of rotatable bonds is 5. The van der Waals surface area contributed by atoms with Crippen molar-refractivity contribution in [1.82, 2.24) is 0 Å². The number of ketones is 1. The molecule has 0 aromatic heterocycles. The second-order valence-corrected chi connectivity index (χ2v) is 7.50. The monoisotopic (exact) mass is 426 g/mol. The first-order valence-corrected chi connectivity index (χ1v) is 10.2. The third-order valence-corrected chi connectivity index (χ3v) is 5.85. The number of carbonyl (C=O) groups excluding carboxylic acids is 3. The van der Waals surface area contributed by atoms with Gasteiger partial charge in [0.05, 0.1) is 14.2 Å². The molecule has 0 unspecified atom stereocenters. The van der Waals surface area contributed by atoms with Crippen molar-refractivity contribution in [1.29, 1.82) is 0 Å². The summed E-state index contributed by atoms with van der Waals surface area (Å²) in [6.07, 6.45) is 0. The Balaban J connectivity index is 2.25. The van der Waals surface area contributed by atoms with Crippen LogP contribution in [0.5, 0.6) is 0 Å². The molecule has 5 heteroatoms. The molecule has 5 nitrogen and oxygen atoms in total. The summed E-state index contributed by atoms with van der Waals surface area (Å²) in [5, 5.41) is 0. The third-order valence-electron chi connectivity index (χ3n) is 5.85. The van der Waals surface area contributed by atoms with Crippen LogP contribution in [0.2, 0.25) is 0 Å². The highest BCUT2D eigenvalue weighted by Gasteiger charge is 2.59. The Labute approximate surface area is 186 Å². The van der Waals surface area contributed by atoms with Crippen LogP contribution >= 0.6 is 0 Å². The lowest BCUT2D eigenvalue weighted by Crippen LogP contribution is -2.45. The molecule has 3 aromatic carbocycles. The Morgan fingerprint density at radius 1 is 0.688 bits per heavy atom. The molecule has 4 rings (SSSR count). The normalized spacial score (nSPS) is 14.0. The van der Waals surface area contributed by atoms with E-state index in [1.165, 1.54) is 21.1 Å². The van der Waals surface area contributed by atoms with Crippen molar-refractivity contribution >= 4 is 28.9 Å². The molecule has 0 bridgehead atoms. The summed E-state index contributed by atoms with van der Waals surface area (Å²) in [4.78, 5) is 39.4. The third kappa shape index (κ3) is 2.97. The summed E-state index contributed by atoms with van der Waals surface area (Å²) in [5.74, 6) is -1.61. The zero-order valence-electron chi connectivity index (χ0n) is 18.0. The SMILES string of the molecule is COC(=O)C1(C(=O)OC)C(c2ccccc2)=C(c2ccccc2C(C)=O)c2ccccc21. The van der Waals surface area contributed by atoms with Crippen LogP contribution in [-0.4, -0.2) is 31.9 Å². The molecule has 0 saturated carbocycles. The van der Waals surface area contributed by atoms with Crippen molar-refractivity contribution < 1.29 is 23.9 Å². The van der Waals surface area contributed by atoms with Gasteiger partial charge in [-0.2, -0.15) is 0 Å². The summed E-state index contributed by atoms with van der Waals surface area (Å²) >= 11 is 0. The zero-order chi connectivity index (χ0) is 22.9. The fourth-order valence-corrected chi connectivity index (χ4v) is 4.55. The Morgan fingerprint density at radius 2 is 1.22 bits per heavy atom. The topological polar surface area (TPSA) is 69.7 Å². The lowest BCUT2D eigenvalue weighted by atomic mass is 9.74. The average molecular weight is 426 g/mol. The Hall–Kier alpha value is -3.99. The van der Waals surface area contributed by atoms with Gasteiger partial charge >= 0.3 is 11.9 Å². The molecule has 1 aliphatic carbocycles. The van der Waals surface area contributed by atoms with E-state index >= 15 is 0 Å². The Kier molecular flexibility index (Phi) is 5.49. The molecule has 0 radical (unpaired) electrons. The van der Waals surface area contributed by atoms with Gasteiger partial charge in [-0.3, -0.25) is 14.4 Å². The number of carbonyl (C=O) groups is 3. The highest BCUT2D eigenvalue weighted by molar-refractivity contribution is 6.28. The number of hydrogen-bond acceptors (Lipinski definition) is 5. The predicted molar refractivity (Wildman–Crippen MR) is 121 cm³/mol. The van der Waals surface area contributed by atoms with Crippen LogP contribution in [0.1, 0.15) is 39.5 Å². The second-order valence-electron chi connectivity index (χ2n) is 7.50. The van der Waals surface area contributed by atoms with Gasteiger partial charge in [-0.15, -0.1) is 0 Å². The first kappa shape index (κ1) is 21.2. The van der Waals surface area contributed by atoms with Gasteiger partial charge in [0.2, 0.25) is 5.41 Å². The number of fused-ring (bicyclic) bond motifs is 1. The van der Waals surface area contributed by atoms with Crippen LogP contribution < -0.4 is 0 Å². The minimum Gasteiger partial charge on any atom is -0.468 e. The van der Waals surface area contributed by atoms with Gasteiger partial charge in [-0.25, -0.2) is 0 Å². The summed E-state index contributed by atoms with van der Waals surface area (Å²) in [5.41, 5.74) is 2.17. The number of methoxy groups -OCH3 is 2. The van der Waals surface area contributed by atoms with Gasteiger partial charge in [0.25, 0.3) is 0 Å². The van der Waals surface area contributed by atoms with Crippen LogP contribution in [0.3, 0.4) is 0 Å². The van der Waals surface area contributed by atoms with E-state index < -0.39 is 17.4 Å². The fourth-order valence-electron chi connectivity index (χ4n) is 4.55. The van der Waals surface area contributed by atoms with E-state index in [-0.39, 0.29) is 5.78 Å². The molecule has 32 heavy (non-hydrogen) atoms. The van der Waals surface area contributed by atoms with E-state index in [0.717, 1.165) is 0 Å². The van der Waals surface area contributed by atoms with Crippen molar-refractivity contribution in [3.05, 3.63) is 107 Å². The van der Waals surface area contributed by atoms with Crippen LogP contribution in [0.25, 0.3) is 11.1 Å². The molecule has 0 atom stereocenters. The fraction of sp³-hybridized carbons (Fsp3) is 0.148. The van der Waals surface area contributed by atoms with E-state index in [4.69, 9.17) is 9.47 Å². The Morgan fingerprint density at radius 3 is 1.81 bits per heavy atom. The Bertz CT molecular complexity index is 1240. The van der Waals surface area contributed by atoms with Crippen LogP contribution in [-0.2, 0) is 24.5 Å². The van der Waals surface area contributed by atoms with Crippen molar-refractivity contribution in [3.8, 4) is 0 Å². The summed E-state index contributed by atoms with van der Waals surface area (Å²) in [6.45, 7) is 1.50. The highest BCUT2D eigenvalue weighted by Crippen LogP contribution is 2.55. The molecule has 0 N–H and O–H groups in total. The highest BCUT2D eigenvalue weighted by atomic mass is 16.5. The molecule has 160 valence electrons. The number of hydrogen-bond donors (Lipinski definition) is 0. The molecule has 0 saturated heterocycles. The minimum atomic E-state index is -1.83. The molecular formula is C27H22O5. The van der Waals surface area contributed by atoms with Crippen molar-refractivity contribution in [2.45, 2.75) is 12.3 Å². The van der Waals surface area contributed by atoms with E-state index in [9.17, 15) is 14.4 Å². The maximum absolute atomic E-state index is 13.5. The van der Waals surface area contributed by atoms with E-state index in [2.05, 4.69) is 0 Å². The smallest absolute Gasteiger partial charge is 0.332 e. The van der Waals surface area contributed by atoms with Gasteiger partial charge in [0, 0.05) is 11.1 Å². The number of ether oxygens (including phenoxy) is 2. The molecule has 0 amide bonds. The van der Waals surface area contributed by atoms with E-state index in [1.54, 1.807) is 24.3 Å². The van der Waals surface area contributed by atoms with Crippen LogP contribution in [0.4, 0.5) is 0 Å². The first-order valence-electron chi connectivity index (χ1n) is 10.2. The maximum atomic E-state index is 13.5. The zero-order valence-corrected chi connectivity index (χ0v) is 18.0. The molecule has 0 fully saturated rings. The molecule has 0 heterocycles.